The number of rotatable bonds is 3. The molecule has 2 heterocycles. The third-order valence-corrected chi connectivity index (χ3v) is 2.97. The maximum atomic E-state index is 5.85. The Bertz CT molecular complexity index is 697. The Morgan fingerprint density at radius 1 is 0.947 bits per heavy atom. The van der Waals surface area contributed by atoms with Crippen LogP contribution in [0.1, 0.15) is 5.56 Å². The van der Waals surface area contributed by atoms with Crippen LogP contribution >= 0.6 is 11.6 Å². The van der Waals surface area contributed by atoms with Crippen molar-refractivity contribution in [3.8, 4) is 0 Å². The van der Waals surface area contributed by atoms with Crippen molar-refractivity contribution in [2.24, 2.45) is 0 Å². The van der Waals surface area contributed by atoms with E-state index in [2.05, 4.69) is 20.3 Å². The van der Waals surface area contributed by atoms with Crippen molar-refractivity contribution in [1.29, 1.82) is 0 Å². The van der Waals surface area contributed by atoms with Crippen molar-refractivity contribution in [3.63, 3.8) is 0 Å². The number of pyridine rings is 1. The van der Waals surface area contributed by atoms with Crippen LogP contribution in [-0.2, 0) is 6.54 Å². The van der Waals surface area contributed by atoms with Gasteiger partial charge in [-0.25, -0.2) is 9.97 Å². The van der Waals surface area contributed by atoms with Crippen molar-refractivity contribution < 1.29 is 0 Å². The highest BCUT2D eigenvalue weighted by molar-refractivity contribution is 6.30. The molecule has 94 valence electrons. The SMILES string of the molecule is Clc1ccc(CNc2ccc3nccnc3n2)cc1. The van der Waals surface area contributed by atoms with Crippen LogP contribution in [0.4, 0.5) is 5.82 Å². The average molecular weight is 271 g/mol. The van der Waals surface area contributed by atoms with E-state index in [-0.39, 0.29) is 0 Å². The molecule has 19 heavy (non-hydrogen) atoms. The molecule has 2 aromatic heterocycles. The van der Waals surface area contributed by atoms with E-state index in [1.54, 1.807) is 12.4 Å². The van der Waals surface area contributed by atoms with Crippen LogP contribution in [0.15, 0.2) is 48.8 Å². The highest BCUT2D eigenvalue weighted by Gasteiger charge is 2.00. The van der Waals surface area contributed by atoms with E-state index >= 15 is 0 Å². The lowest BCUT2D eigenvalue weighted by atomic mass is 10.2. The van der Waals surface area contributed by atoms with Gasteiger partial charge in [-0.2, -0.15) is 0 Å². The zero-order valence-electron chi connectivity index (χ0n) is 10.0. The Morgan fingerprint density at radius 3 is 2.58 bits per heavy atom. The summed E-state index contributed by atoms with van der Waals surface area (Å²) < 4.78 is 0. The highest BCUT2D eigenvalue weighted by Crippen LogP contribution is 2.13. The molecule has 5 heteroatoms. The van der Waals surface area contributed by atoms with Crippen LogP contribution in [0.3, 0.4) is 0 Å². The number of anilines is 1. The first-order valence-electron chi connectivity index (χ1n) is 5.87. The van der Waals surface area contributed by atoms with Gasteiger partial charge in [0.1, 0.15) is 11.3 Å². The van der Waals surface area contributed by atoms with Crippen molar-refractivity contribution in [2.45, 2.75) is 6.54 Å². The first-order chi connectivity index (χ1) is 9.31. The monoisotopic (exact) mass is 270 g/mol. The predicted octanol–water partition coefficient (Wildman–Crippen LogP) is 3.29. The van der Waals surface area contributed by atoms with Gasteiger partial charge in [0.2, 0.25) is 0 Å². The van der Waals surface area contributed by atoms with Gasteiger partial charge < -0.3 is 5.32 Å². The number of nitrogens with one attached hydrogen (secondary N) is 1. The summed E-state index contributed by atoms with van der Waals surface area (Å²) in [6, 6.07) is 11.5. The van der Waals surface area contributed by atoms with Crippen molar-refractivity contribution in [2.75, 3.05) is 5.32 Å². The summed E-state index contributed by atoms with van der Waals surface area (Å²) in [6.45, 7) is 0.690. The summed E-state index contributed by atoms with van der Waals surface area (Å²) in [4.78, 5) is 12.8. The van der Waals surface area contributed by atoms with Crippen LogP contribution in [0.2, 0.25) is 5.02 Å². The molecule has 0 saturated heterocycles. The molecule has 0 atom stereocenters. The molecule has 0 aliphatic rings. The van der Waals surface area contributed by atoms with Gasteiger partial charge >= 0.3 is 0 Å². The molecule has 0 spiro atoms. The molecule has 3 rings (SSSR count). The lowest BCUT2D eigenvalue weighted by Gasteiger charge is -2.06. The smallest absolute Gasteiger partial charge is 0.180 e. The van der Waals surface area contributed by atoms with Gasteiger partial charge in [0.15, 0.2) is 5.65 Å². The summed E-state index contributed by atoms with van der Waals surface area (Å²) in [5.74, 6) is 0.781. The molecule has 4 nitrogen and oxygen atoms in total. The van der Waals surface area contributed by atoms with E-state index in [9.17, 15) is 0 Å². The Hall–Kier alpha value is -2.20. The quantitative estimate of drug-likeness (QED) is 0.793. The van der Waals surface area contributed by atoms with Crippen molar-refractivity contribution in [1.82, 2.24) is 15.0 Å². The lowest BCUT2D eigenvalue weighted by Crippen LogP contribution is -2.01. The minimum Gasteiger partial charge on any atom is -0.366 e. The second-order valence-electron chi connectivity index (χ2n) is 4.08. The number of hydrogen-bond donors (Lipinski definition) is 1. The minimum atomic E-state index is 0.642. The molecule has 0 bridgehead atoms. The largest absolute Gasteiger partial charge is 0.366 e. The van der Waals surface area contributed by atoms with E-state index in [4.69, 9.17) is 11.6 Å². The van der Waals surface area contributed by atoms with Crippen LogP contribution in [-0.4, -0.2) is 15.0 Å². The van der Waals surface area contributed by atoms with Crippen molar-refractivity contribution in [3.05, 3.63) is 59.4 Å². The van der Waals surface area contributed by atoms with Crippen LogP contribution in [0.25, 0.3) is 11.2 Å². The van der Waals surface area contributed by atoms with Crippen LogP contribution < -0.4 is 5.32 Å². The number of aromatic nitrogens is 3. The molecule has 0 radical (unpaired) electrons. The number of fused-ring (bicyclic) bond motifs is 1. The van der Waals surface area contributed by atoms with E-state index in [0.717, 1.165) is 21.9 Å². The van der Waals surface area contributed by atoms with E-state index < -0.39 is 0 Å². The topological polar surface area (TPSA) is 50.7 Å². The molecule has 0 aliphatic heterocycles. The maximum absolute atomic E-state index is 5.85. The number of benzene rings is 1. The second kappa shape index (κ2) is 5.20. The van der Waals surface area contributed by atoms with E-state index in [1.807, 2.05) is 36.4 Å². The number of halogens is 1. The fourth-order valence-electron chi connectivity index (χ4n) is 1.75. The highest BCUT2D eigenvalue weighted by atomic mass is 35.5. The molecule has 0 saturated carbocycles. The Morgan fingerprint density at radius 2 is 1.74 bits per heavy atom. The third kappa shape index (κ3) is 2.80. The molecule has 0 unspecified atom stereocenters. The molecule has 0 fully saturated rings. The molecule has 1 N–H and O–H groups in total. The normalized spacial score (nSPS) is 10.6. The van der Waals surface area contributed by atoms with E-state index in [0.29, 0.717) is 12.2 Å². The number of nitrogens with zero attached hydrogens (tertiary/aromatic N) is 3. The standard InChI is InChI=1S/C14H11ClN4/c15-11-3-1-10(2-4-11)9-18-13-6-5-12-14(19-13)17-8-7-16-12/h1-8H,9H2,(H,17,18,19). The molecule has 0 aliphatic carbocycles. The van der Waals surface area contributed by atoms with Crippen LogP contribution in [0.5, 0.6) is 0 Å². The molecular formula is C14H11ClN4. The first-order valence-corrected chi connectivity index (χ1v) is 6.25. The summed E-state index contributed by atoms with van der Waals surface area (Å²) in [6.07, 6.45) is 3.29. The summed E-state index contributed by atoms with van der Waals surface area (Å²) >= 11 is 5.85. The van der Waals surface area contributed by atoms with E-state index in [1.165, 1.54) is 0 Å². The maximum Gasteiger partial charge on any atom is 0.180 e. The van der Waals surface area contributed by atoms with Gasteiger partial charge in [0.05, 0.1) is 0 Å². The second-order valence-corrected chi connectivity index (χ2v) is 4.51. The van der Waals surface area contributed by atoms with Gasteiger partial charge in [-0.15, -0.1) is 0 Å². The molecule has 3 aromatic rings. The van der Waals surface area contributed by atoms with Crippen LogP contribution in [0, 0.1) is 0 Å². The minimum absolute atomic E-state index is 0.642. The summed E-state index contributed by atoms with van der Waals surface area (Å²) in [7, 11) is 0. The van der Waals surface area contributed by atoms with Gasteiger partial charge in [-0.3, -0.25) is 4.98 Å². The van der Waals surface area contributed by atoms with Crippen molar-refractivity contribution >= 4 is 28.6 Å². The Labute approximate surface area is 115 Å². The average Bonchev–Trinajstić information content (AvgIpc) is 2.46. The molecule has 0 amide bonds. The van der Waals surface area contributed by atoms with Gasteiger partial charge in [-0.1, -0.05) is 23.7 Å². The fraction of sp³-hybridized carbons (Fsp3) is 0.0714. The molecular weight excluding hydrogens is 260 g/mol. The van der Waals surface area contributed by atoms with Gasteiger partial charge in [0, 0.05) is 24.0 Å². The zero-order valence-corrected chi connectivity index (χ0v) is 10.8. The Kier molecular flexibility index (Phi) is 3.25. The first kappa shape index (κ1) is 11.9. The van der Waals surface area contributed by atoms with Gasteiger partial charge in [0.25, 0.3) is 0 Å². The Balaban J connectivity index is 1.76. The third-order valence-electron chi connectivity index (χ3n) is 2.72. The van der Waals surface area contributed by atoms with Gasteiger partial charge in [-0.05, 0) is 29.8 Å². The summed E-state index contributed by atoms with van der Waals surface area (Å²) in [5.41, 5.74) is 2.58. The fourth-order valence-corrected chi connectivity index (χ4v) is 1.87. The predicted molar refractivity (Wildman–Crippen MR) is 76.1 cm³/mol. The molecule has 1 aromatic carbocycles. The lowest BCUT2D eigenvalue weighted by molar-refractivity contribution is 1.11. The summed E-state index contributed by atoms with van der Waals surface area (Å²) in [5, 5.41) is 3.99. The number of hydrogen-bond acceptors (Lipinski definition) is 4. The zero-order chi connectivity index (χ0) is 13.1.